The van der Waals surface area contributed by atoms with E-state index in [2.05, 4.69) is 0 Å². The third-order valence-corrected chi connectivity index (χ3v) is 3.42. The van der Waals surface area contributed by atoms with Gasteiger partial charge in [0.05, 0.1) is 13.2 Å². The summed E-state index contributed by atoms with van der Waals surface area (Å²) in [7, 11) is 1.54. The number of hydrogen-bond acceptors (Lipinski definition) is 5. The first-order chi connectivity index (χ1) is 12.5. The summed E-state index contributed by atoms with van der Waals surface area (Å²) in [4.78, 5) is 11.9. The van der Waals surface area contributed by atoms with Gasteiger partial charge in [0.2, 0.25) is 0 Å². The van der Waals surface area contributed by atoms with Crippen molar-refractivity contribution < 1.29 is 19.0 Å². The Kier molecular flexibility index (Phi) is 6.81. The first-order valence-corrected chi connectivity index (χ1v) is 8.21. The van der Waals surface area contributed by atoms with Crippen LogP contribution in [0.15, 0.2) is 54.1 Å². The number of nitriles is 1. The maximum atomic E-state index is 11.9. The number of hydrogen-bond donors (Lipinski definition) is 0. The molecule has 26 heavy (non-hydrogen) atoms. The first-order valence-electron chi connectivity index (χ1n) is 8.21. The first kappa shape index (κ1) is 19.1. The van der Waals surface area contributed by atoms with Crippen molar-refractivity contribution in [2.75, 3.05) is 7.11 Å². The van der Waals surface area contributed by atoms with E-state index in [0.29, 0.717) is 23.7 Å². The van der Waals surface area contributed by atoms with Gasteiger partial charge in [0.15, 0.2) is 11.5 Å². The van der Waals surface area contributed by atoms with Crippen molar-refractivity contribution >= 4 is 12.0 Å². The van der Waals surface area contributed by atoms with E-state index in [9.17, 15) is 10.1 Å². The van der Waals surface area contributed by atoms with Gasteiger partial charge in [-0.3, -0.25) is 0 Å². The summed E-state index contributed by atoms with van der Waals surface area (Å²) in [5, 5.41) is 9.19. The summed E-state index contributed by atoms with van der Waals surface area (Å²) in [6, 6.07) is 16.9. The molecule has 2 aromatic carbocycles. The molecule has 0 bridgehead atoms. The van der Waals surface area contributed by atoms with Crippen molar-refractivity contribution in [3.8, 4) is 17.6 Å². The number of ether oxygens (including phenoxy) is 3. The monoisotopic (exact) mass is 351 g/mol. The van der Waals surface area contributed by atoms with Crippen molar-refractivity contribution in [3.63, 3.8) is 0 Å². The van der Waals surface area contributed by atoms with Crippen molar-refractivity contribution in [1.82, 2.24) is 0 Å². The van der Waals surface area contributed by atoms with E-state index in [1.807, 2.05) is 36.4 Å². The standard InChI is InChI=1S/C21H21NO4/c1-15(2)26-21(23)18(13-22)11-17-9-10-19(20(12-17)24-3)25-14-16-7-5-4-6-8-16/h4-12,15H,14H2,1-3H3/b18-11-. The minimum absolute atomic E-state index is 0.0706. The van der Waals surface area contributed by atoms with Crippen molar-refractivity contribution in [2.24, 2.45) is 0 Å². The van der Waals surface area contributed by atoms with Crippen LogP contribution in [0.3, 0.4) is 0 Å². The molecule has 5 heteroatoms. The average Bonchev–Trinajstić information content (AvgIpc) is 2.64. The third-order valence-electron chi connectivity index (χ3n) is 3.42. The number of carbonyl (C=O) groups excluding carboxylic acids is 1. The number of methoxy groups -OCH3 is 1. The van der Waals surface area contributed by atoms with Crippen LogP contribution in [0.1, 0.15) is 25.0 Å². The van der Waals surface area contributed by atoms with Crippen molar-refractivity contribution in [2.45, 2.75) is 26.6 Å². The zero-order chi connectivity index (χ0) is 18.9. The second-order valence-corrected chi connectivity index (χ2v) is 5.81. The Morgan fingerprint density at radius 3 is 2.50 bits per heavy atom. The van der Waals surface area contributed by atoms with E-state index in [0.717, 1.165) is 5.56 Å². The molecule has 0 amide bonds. The van der Waals surface area contributed by atoms with Crippen LogP contribution in [-0.4, -0.2) is 19.2 Å². The average molecular weight is 351 g/mol. The summed E-state index contributed by atoms with van der Waals surface area (Å²) >= 11 is 0. The molecule has 0 aliphatic heterocycles. The van der Waals surface area contributed by atoms with E-state index < -0.39 is 5.97 Å². The van der Waals surface area contributed by atoms with Gasteiger partial charge in [-0.25, -0.2) is 4.79 Å². The van der Waals surface area contributed by atoms with Crippen LogP contribution < -0.4 is 9.47 Å². The molecular formula is C21H21NO4. The molecule has 0 aromatic heterocycles. The van der Waals surface area contributed by atoms with Crippen molar-refractivity contribution in [1.29, 1.82) is 5.26 Å². The van der Waals surface area contributed by atoms with Gasteiger partial charge >= 0.3 is 5.97 Å². The summed E-state index contributed by atoms with van der Waals surface area (Å²) in [5.74, 6) is 0.451. The highest BCUT2D eigenvalue weighted by Crippen LogP contribution is 2.29. The number of esters is 1. The van der Waals surface area contributed by atoms with E-state index in [1.54, 1.807) is 32.0 Å². The molecule has 0 saturated heterocycles. The highest BCUT2D eigenvalue weighted by molar-refractivity contribution is 5.98. The number of rotatable bonds is 7. The highest BCUT2D eigenvalue weighted by Gasteiger charge is 2.13. The van der Waals surface area contributed by atoms with E-state index in [1.165, 1.54) is 13.2 Å². The van der Waals surface area contributed by atoms with E-state index in [4.69, 9.17) is 14.2 Å². The Morgan fingerprint density at radius 1 is 1.15 bits per heavy atom. The predicted octanol–water partition coefficient (Wildman–Crippen LogP) is 4.13. The Bertz CT molecular complexity index is 820. The molecule has 0 heterocycles. The van der Waals surface area contributed by atoms with E-state index >= 15 is 0 Å². The van der Waals surface area contributed by atoms with Gasteiger partial charge in [-0.05, 0) is 43.2 Å². The molecular weight excluding hydrogens is 330 g/mol. The van der Waals surface area contributed by atoms with Crippen molar-refractivity contribution in [3.05, 3.63) is 65.2 Å². The molecule has 0 aliphatic carbocycles. The maximum Gasteiger partial charge on any atom is 0.349 e. The Hall–Kier alpha value is -3.26. The normalized spacial score (nSPS) is 11.0. The van der Waals surface area contributed by atoms with Crippen LogP contribution in [0, 0.1) is 11.3 Å². The molecule has 0 aliphatic rings. The zero-order valence-electron chi connectivity index (χ0n) is 15.1. The number of nitrogens with zero attached hydrogens (tertiary/aromatic N) is 1. The van der Waals surface area contributed by atoms with Crippen LogP contribution in [0.25, 0.3) is 6.08 Å². The molecule has 0 atom stereocenters. The molecule has 5 nitrogen and oxygen atoms in total. The fourth-order valence-corrected chi connectivity index (χ4v) is 2.21. The Labute approximate surface area is 153 Å². The zero-order valence-corrected chi connectivity index (χ0v) is 15.1. The van der Waals surface area contributed by atoms with Gasteiger partial charge < -0.3 is 14.2 Å². The van der Waals surface area contributed by atoms with Gasteiger partial charge in [-0.2, -0.15) is 5.26 Å². The smallest absolute Gasteiger partial charge is 0.349 e. The largest absolute Gasteiger partial charge is 0.493 e. The lowest BCUT2D eigenvalue weighted by molar-refractivity contribution is -0.142. The number of carbonyl (C=O) groups is 1. The van der Waals surface area contributed by atoms with Crippen LogP contribution in [0.4, 0.5) is 0 Å². The maximum absolute atomic E-state index is 11.9. The van der Waals surface area contributed by atoms with Crippen LogP contribution in [-0.2, 0) is 16.1 Å². The molecule has 0 unspecified atom stereocenters. The highest BCUT2D eigenvalue weighted by atomic mass is 16.5. The quantitative estimate of drug-likeness (QED) is 0.426. The lowest BCUT2D eigenvalue weighted by atomic mass is 10.1. The van der Waals surface area contributed by atoms with Gasteiger partial charge in [0.1, 0.15) is 18.2 Å². The fourth-order valence-electron chi connectivity index (χ4n) is 2.21. The molecule has 134 valence electrons. The van der Waals surface area contributed by atoms with E-state index in [-0.39, 0.29) is 11.7 Å². The molecule has 2 rings (SSSR count). The molecule has 0 radical (unpaired) electrons. The van der Waals surface area contributed by atoms with Gasteiger partial charge in [-0.1, -0.05) is 36.4 Å². The van der Waals surface area contributed by atoms with Crippen LogP contribution in [0.2, 0.25) is 0 Å². The summed E-state index contributed by atoms with van der Waals surface area (Å²) < 4.78 is 16.2. The summed E-state index contributed by atoms with van der Waals surface area (Å²) in [5.41, 5.74) is 1.62. The Balaban J connectivity index is 2.18. The third kappa shape index (κ3) is 5.38. The van der Waals surface area contributed by atoms with Crippen LogP contribution >= 0.6 is 0 Å². The summed E-state index contributed by atoms with van der Waals surface area (Å²) in [6.07, 6.45) is 1.18. The van der Waals surface area contributed by atoms with Gasteiger partial charge in [-0.15, -0.1) is 0 Å². The second-order valence-electron chi connectivity index (χ2n) is 5.81. The lowest BCUT2D eigenvalue weighted by Gasteiger charge is -2.12. The lowest BCUT2D eigenvalue weighted by Crippen LogP contribution is -2.12. The second kappa shape index (κ2) is 9.28. The molecule has 0 saturated carbocycles. The topological polar surface area (TPSA) is 68.5 Å². The SMILES string of the molecule is COc1cc(/C=C(/C#N)C(=O)OC(C)C)ccc1OCc1ccccc1. The molecule has 0 spiro atoms. The molecule has 0 N–H and O–H groups in total. The number of benzene rings is 2. The minimum Gasteiger partial charge on any atom is -0.493 e. The van der Waals surface area contributed by atoms with Crippen LogP contribution in [0.5, 0.6) is 11.5 Å². The van der Waals surface area contributed by atoms with Gasteiger partial charge in [0, 0.05) is 0 Å². The minimum atomic E-state index is -0.647. The molecule has 2 aromatic rings. The Morgan fingerprint density at radius 2 is 1.88 bits per heavy atom. The molecule has 0 fully saturated rings. The fraction of sp³-hybridized carbons (Fsp3) is 0.238. The van der Waals surface area contributed by atoms with Gasteiger partial charge in [0.25, 0.3) is 0 Å². The predicted molar refractivity (Wildman–Crippen MR) is 98.6 cm³/mol. The summed E-state index contributed by atoms with van der Waals surface area (Å²) in [6.45, 7) is 3.88.